The zero-order valence-electron chi connectivity index (χ0n) is 15.5. The van der Waals surface area contributed by atoms with Gasteiger partial charge >= 0.3 is 0 Å². The number of anilines is 1. The van der Waals surface area contributed by atoms with Crippen LogP contribution in [0.15, 0.2) is 24.3 Å². The summed E-state index contributed by atoms with van der Waals surface area (Å²) in [6.45, 7) is 5.51. The van der Waals surface area contributed by atoms with E-state index in [0.717, 1.165) is 49.5 Å². The maximum absolute atomic E-state index is 12.9. The van der Waals surface area contributed by atoms with Gasteiger partial charge in [0.1, 0.15) is 0 Å². The number of rotatable bonds is 3. The van der Waals surface area contributed by atoms with Gasteiger partial charge < -0.3 is 15.5 Å². The molecule has 1 amide bonds. The lowest BCUT2D eigenvalue weighted by molar-refractivity contribution is -0.136. The summed E-state index contributed by atoms with van der Waals surface area (Å²) in [5.74, 6) is 0.971. The van der Waals surface area contributed by atoms with Crippen LogP contribution in [0.4, 0.5) is 5.13 Å². The number of carbonyl (C=O) groups is 1. The SMILES string of the molecule is CC1CC(CN)CN1C(=O)C1CCN(c2nc3ccccc3s2)CC1.Cl.Cl. The fourth-order valence-electron chi connectivity index (χ4n) is 4.17. The Balaban J connectivity index is 0.00000131. The van der Waals surface area contributed by atoms with Gasteiger partial charge in [-0.05, 0) is 50.8 Å². The summed E-state index contributed by atoms with van der Waals surface area (Å²) in [4.78, 5) is 22.1. The van der Waals surface area contributed by atoms with Crippen LogP contribution in [-0.2, 0) is 4.79 Å². The second kappa shape index (κ2) is 9.41. The minimum Gasteiger partial charge on any atom is -0.348 e. The van der Waals surface area contributed by atoms with E-state index in [4.69, 9.17) is 10.7 Å². The highest BCUT2D eigenvalue weighted by molar-refractivity contribution is 7.22. The number of nitrogens with two attached hydrogens (primary N) is 1. The Morgan fingerprint density at radius 2 is 1.96 bits per heavy atom. The van der Waals surface area contributed by atoms with Crippen molar-refractivity contribution in [2.45, 2.75) is 32.2 Å². The molecule has 2 aliphatic heterocycles. The molecule has 2 atom stereocenters. The van der Waals surface area contributed by atoms with Gasteiger partial charge in [-0.1, -0.05) is 23.5 Å². The Morgan fingerprint density at radius 1 is 1.26 bits per heavy atom. The molecule has 8 heteroatoms. The molecule has 2 saturated heterocycles. The van der Waals surface area contributed by atoms with Gasteiger partial charge in [0.25, 0.3) is 0 Å². The average molecular weight is 431 g/mol. The van der Waals surface area contributed by atoms with E-state index >= 15 is 0 Å². The highest BCUT2D eigenvalue weighted by atomic mass is 35.5. The van der Waals surface area contributed by atoms with Crippen LogP contribution in [0, 0.1) is 11.8 Å². The third-order valence-corrected chi connectivity index (χ3v) is 6.77. The number of likely N-dealkylation sites (tertiary alicyclic amines) is 1. The van der Waals surface area contributed by atoms with Crippen molar-refractivity contribution < 1.29 is 4.79 Å². The third kappa shape index (κ3) is 4.50. The van der Waals surface area contributed by atoms with E-state index in [9.17, 15) is 4.79 Å². The minimum absolute atomic E-state index is 0. The number of piperidine rings is 1. The molecule has 0 spiro atoms. The van der Waals surface area contributed by atoms with Gasteiger partial charge in [0.05, 0.1) is 10.2 Å². The van der Waals surface area contributed by atoms with Crippen LogP contribution < -0.4 is 10.6 Å². The molecule has 0 bridgehead atoms. The van der Waals surface area contributed by atoms with Gasteiger partial charge in [-0.2, -0.15) is 0 Å². The van der Waals surface area contributed by atoms with E-state index in [1.807, 2.05) is 6.07 Å². The van der Waals surface area contributed by atoms with Gasteiger partial charge in [-0.15, -0.1) is 24.8 Å². The van der Waals surface area contributed by atoms with Gasteiger partial charge in [0, 0.05) is 31.6 Å². The van der Waals surface area contributed by atoms with E-state index in [-0.39, 0.29) is 30.7 Å². The molecule has 3 heterocycles. The maximum Gasteiger partial charge on any atom is 0.226 e. The zero-order chi connectivity index (χ0) is 17.4. The fourth-order valence-corrected chi connectivity index (χ4v) is 5.19. The van der Waals surface area contributed by atoms with Gasteiger partial charge in [0.15, 0.2) is 5.13 Å². The summed E-state index contributed by atoms with van der Waals surface area (Å²) >= 11 is 1.75. The molecule has 2 aliphatic rings. The predicted octanol–water partition coefficient (Wildman–Crippen LogP) is 3.55. The molecule has 150 valence electrons. The number of amides is 1. The molecule has 1 aromatic heterocycles. The Labute approximate surface area is 177 Å². The predicted molar refractivity (Wildman–Crippen MR) is 117 cm³/mol. The number of benzene rings is 1. The second-order valence-corrected chi connectivity index (χ2v) is 8.41. The number of carbonyl (C=O) groups excluding carboxylic acids is 1. The fraction of sp³-hybridized carbons (Fsp3) is 0.579. The number of hydrogen-bond donors (Lipinski definition) is 1. The van der Waals surface area contributed by atoms with E-state index in [0.29, 0.717) is 24.4 Å². The van der Waals surface area contributed by atoms with Crippen LogP contribution in [-0.4, -0.2) is 48.0 Å². The zero-order valence-corrected chi connectivity index (χ0v) is 18.0. The summed E-state index contributed by atoms with van der Waals surface area (Å²) in [5.41, 5.74) is 6.87. The molecule has 4 rings (SSSR count). The van der Waals surface area contributed by atoms with E-state index < -0.39 is 0 Å². The molecule has 5 nitrogen and oxygen atoms in total. The lowest BCUT2D eigenvalue weighted by Gasteiger charge is -2.34. The van der Waals surface area contributed by atoms with Crippen molar-refractivity contribution in [3.63, 3.8) is 0 Å². The first kappa shape index (κ1) is 22.2. The van der Waals surface area contributed by atoms with Crippen molar-refractivity contribution in [3.8, 4) is 0 Å². The van der Waals surface area contributed by atoms with Crippen LogP contribution in [0.1, 0.15) is 26.2 Å². The maximum atomic E-state index is 12.9. The van der Waals surface area contributed by atoms with E-state index in [2.05, 4.69) is 34.9 Å². The van der Waals surface area contributed by atoms with Crippen molar-refractivity contribution in [3.05, 3.63) is 24.3 Å². The van der Waals surface area contributed by atoms with E-state index in [1.165, 1.54) is 4.70 Å². The smallest absolute Gasteiger partial charge is 0.226 e. The highest BCUT2D eigenvalue weighted by Crippen LogP contribution is 2.33. The summed E-state index contributed by atoms with van der Waals surface area (Å²) in [6, 6.07) is 8.61. The molecule has 27 heavy (non-hydrogen) atoms. The lowest BCUT2D eigenvalue weighted by Crippen LogP contribution is -2.44. The van der Waals surface area contributed by atoms with Crippen molar-refractivity contribution in [1.82, 2.24) is 9.88 Å². The molecular weight excluding hydrogens is 403 g/mol. The molecule has 0 saturated carbocycles. The van der Waals surface area contributed by atoms with Crippen molar-refractivity contribution >= 4 is 57.4 Å². The molecule has 2 fully saturated rings. The number of nitrogens with zero attached hydrogens (tertiary/aromatic N) is 3. The first-order valence-corrected chi connectivity index (χ1v) is 10.1. The first-order valence-electron chi connectivity index (χ1n) is 9.26. The van der Waals surface area contributed by atoms with Crippen LogP contribution in [0.5, 0.6) is 0 Å². The van der Waals surface area contributed by atoms with Crippen LogP contribution >= 0.6 is 36.2 Å². The summed E-state index contributed by atoms with van der Waals surface area (Å²) in [5, 5.41) is 1.09. The molecule has 1 aromatic carbocycles. The van der Waals surface area contributed by atoms with Crippen molar-refractivity contribution in [2.75, 3.05) is 31.1 Å². The van der Waals surface area contributed by atoms with E-state index in [1.54, 1.807) is 11.3 Å². The number of aromatic nitrogens is 1. The quantitative estimate of drug-likeness (QED) is 0.808. The molecule has 2 aromatic rings. The Hall–Kier alpha value is -1.08. The molecule has 0 radical (unpaired) electrons. The molecule has 2 unspecified atom stereocenters. The minimum atomic E-state index is 0. The van der Waals surface area contributed by atoms with Crippen molar-refractivity contribution in [2.24, 2.45) is 17.6 Å². The molecule has 2 N–H and O–H groups in total. The monoisotopic (exact) mass is 430 g/mol. The molecular formula is C19H28Cl2N4OS. The first-order chi connectivity index (χ1) is 12.2. The lowest BCUT2D eigenvalue weighted by atomic mass is 9.95. The van der Waals surface area contributed by atoms with Crippen LogP contribution in [0.3, 0.4) is 0 Å². The standard InChI is InChI=1S/C19H26N4OS.2ClH/c1-13-10-14(11-20)12-23(13)18(24)15-6-8-22(9-7-15)19-21-16-4-2-3-5-17(16)25-19;;/h2-5,13-15H,6-12,20H2,1H3;2*1H. The highest BCUT2D eigenvalue weighted by Gasteiger charge is 2.36. The number of para-hydroxylation sites is 1. The largest absolute Gasteiger partial charge is 0.348 e. The van der Waals surface area contributed by atoms with Gasteiger partial charge in [-0.3, -0.25) is 4.79 Å². The summed E-state index contributed by atoms with van der Waals surface area (Å²) in [7, 11) is 0. The number of thiazole rings is 1. The Bertz CT molecular complexity index is 730. The van der Waals surface area contributed by atoms with Gasteiger partial charge in [0.2, 0.25) is 5.91 Å². The number of fused-ring (bicyclic) bond motifs is 1. The van der Waals surface area contributed by atoms with Crippen LogP contribution in [0.2, 0.25) is 0 Å². The number of hydrogen-bond acceptors (Lipinski definition) is 5. The Kier molecular flexibility index (Phi) is 7.74. The topological polar surface area (TPSA) is 62.5 Å². The average Bonchev–Trinajstić information content (AvgIpc) is 3.24. The Morgan fingerprint density at radius 3 is 2.59 bits per heavy atom. The van der Waals surface area contributed by atoms with Gasteiger partial charge in [-0.25, -0.2) is 4.98 Å². The summed E-state index contributed by atoms with van der Waals surface area (Å²) in [6.07, 6.45) is 2.89. The van der Waals surface area contributed by atoms with Crippen molar-refractivity contribution in [1.29, 1.82) is 0 Å². The summed E-state index contributed by atoms with van der Waals surface area (Å²) < 4.78 is 1.23. The number of halogens is 2. The second-order valence-electron chi connectivity index (χ2n) is 7.40. The normalized spacial score (nSPS) is 23.2. The molecule has 0 aliphatic carbocycles. The third-order valence-electron chi connectivity index (χ3n) is 5.68. The van der Waals surface area contributed by atoms with Crippen LogP contribution in [0.25, 0.3) is 10.2 Å².